The fraction of sp³-hybridized carbons (Fsp3) is 0.308. The summed E-state index contributed by atoms with van der Waals surface area (Å²) in [5, 5.41) is 3.22. The highest BCUT2D eigenvalue weighted by molar-refractivity contribution is 5.30. The average Bonchev–Trinajstić information content (AvgIpc) is 2.74. The Balaban J connectivity index is 2.43. The lowest BCUT2D eigenvalue weighted by Crippen LogP contribution is -2.23. The van der Waals surface area contributed by atoms with Gasteiger partial charge in [0, 0.05) is 11.8 Å². The van der Waals surface area contributed by atoms with Crippen LogP contribution < -0.4 is 5.32 Å². The molecule has 3 nitrogen and oxygen atoms in total. The molecule has 0 aromatic carbocycles. The van der Waals surface area contributed by atoms with Crippen LogP contribution in [0.15, 0.2) is 35.2 Å². The fourth-order valence-corrected chi connectivity index (χ4v) is 1.85. The normalized spacial score (nSPS) is 12.6. The zero-order chi connectivity index (χ0) is 12.3. The van der Waals surface area contributed by atoms with Crippen molar-refractivity contribution >= 4 is 0 Å². The number of aromatic nitrogens is 1. The summed E-state index contributed by atoms with van der Waals surface area (Å²) < 4.78 is 19.2. The van der Waals surface area contributed by atoms with E-state index in [1.54, 1.807) is 18.5 Å². The summed E-state index contributed by atoms with van der Waals surface area (Å²) in [6.07, 6.45) is 4.42. The maximum Gasteiger partial charge on any atom is 0.146 e. The number of hydrogen-bond donors (Lipinski definition) is 1. The smallest absolute Gasteiger partial charge is 0.146 e. The first-order valence-corrected chi connectivity index (χ1v) is 5.60. The van der Waals surface area contributed by atoms with Gasteiger partial charge in [0.25, 0.3) is 0 Å². The van der Waals surface area contributed by atoms with Crippen LogP contribution in [0.5, 0.6) is 0 Å². The van der Waals surface area contributed by atoms with Crippen molar-refractivity contribution in [1.29, 1.82) is 0 Å². The molecular formula is C13H15FN2O. The van der Waals surface area contributed by atoms with E-state index >= 15 is 0 Å². The van der Waals surface area contributed by atoms with Gasteiger partial charge in [0.05, 0.1) is 18.5 Å². The number of rotatable bonds is 4. The van der Waals surface area contributed by atoms with Gasteiger partial charge in [0.15, 0.2) is 0 Å². The van der Waals surface area contributed by atoms with Crippen LogP contribution >= 0.6 is 0 Å². The van der Waals surface area contributed by atoms with E-state index < -0.39 is 0 Å². The molecule has 0 saturated heterocycles. The van der Waals surface area contributed by atoms with Crippen LogP contribution in [0.4, 0.5) is 4.39 Å². The highest BCUT2D eigenvalue weighted by Gasteiger charge is 2.21. The summed E-state index contributed by atoms with van der Waals surface area (Å²) in [7, 11) is 0. The summed E-state index contributed by atoms with van der Waals surface area (Å²) in [5.41, 5.74) is 1.56. The van der Waals surface area contributed by atoms with E-state index in [0.717, 1.165) is 17.9 Å². The summed E-state index contributed by atoms with van der Waals surface area (Å²) in [4.78, 5) is 3.76. The van der Waals surface area contributed by atoms with Crippen molar-refractivity contribution in [3.63, 3.8) is 0 Å². The largest absolute Gasteiger partial charge is 0.467 e. The molecule has 2 heterocycles. The second-order valence-electron chi connectivity index (χ2n) is 3.86. The number of nitrogens with one attached hydrogen (secondary N) is 1. The summed E-state index contributed by atoms with van der Waals surface area (Å²) in [6.45, 7) is 4.65. The second kappa shape index (κ2) is 5.10. The molecule has 0 aliphatic rings. The maximum absolute atomic E-state index is 13.7. The zero-order valence-electron chi connectivity index (χ0n) is 9.90. The van der Waals surface area contributed by atoms with Crippen LogP contribution in [0.3, 0.4) is 0 Å². The molecule has 0 spiro atoms. The average molecular weight is 234 g/mol. The van der Waals surface area contributed by atoms with Crippen LogP contribution in [-0.2, 0) is 0 Å². The number of nitrogens with zero attached hydrogens (tertiary/aromatic N) is 1. The molecular weight excluding hydrogens is 219 g/mol. The Kier molecular flexibility index (Phi) is 3.54. The highest BCUT2D eigenvalue weighted by atomic mass is 19.1. The summed E-state index contributed by atoms with van der Waals surface area (Å²) in [6, 6.07) is 3.28. The Morgan fingerprint density at radius 1 is 1.47 bits per heavy atom. The minimum Gasteiger partial charge on any atom is -0.467 e. The molecule has 0 fully saturated rings. The number of halogens is 1. The Hall–Kier alpha value is -1.68. The summed E-state index contributed by atoms with van der Waals surface area (Å²) in [5.74, 6) is 0.422. The van der Waals surface area contributed by atoms with E-state index in [-0.39, 0.29) is 11.9 Å². The third kappa shape index (κ3) is 2.36. The van der Waals surface area contributed by atoms with Crippen molar-refractivity contribution in [3.05, 3.63) is 53.5 Å². The lowest BCUT2D eigenvalue weighted by atomic mass is 10.0. The van der Waals surface area contributed by atoms with Crippen LogP contribution in [0.1, 0.15) is 29.9 Å². The van der Waals surface area contributed by atoms with Gasteiger partial charge >= 0.3 is 0 Å². The monoisotopic (exact) mass is 234 g/mol. The standard InChI is InChI=1S/C13H15FN2O/c1-3-16-12(13-9(2)5-7-17-13)10-4-6-15-8-11(10)14/h4-8,12,16H,3H2,1-2H3. The molecule has 2 aromatic heterocycles. The van der Waals surface area contributed by atoms with Crippen molar-refractivity contribution in [3.8, 4) is 0 Å². The molecule has 0 radical (unpaired) electrons. The Morgan fingerprint density at radius 2 is 2.29 bits per heavy atom. The highest BCUT2D eigenvalue weighted by Crippen LogP contribution is 2.26. The Labute approximate surface area is 99.7 Å². The molecule has 0 saturated carbocycles. The van der Waals surface area contributed by atoms with Gasteiger partial charge in [-0.15, -0.1) is 0 Å². The summed E-state index contributed by atoms with van der Waals surface area (Å²) >= 11 is 0. The molecule has 1 N–H and O–H groups in total. The molecule has 0 amide bonds. The molecule has 17 heavy (non-hydrogen) atoms. The van der Waals surface area contributed by atoms with Gasteiger partial charge in [-0.2, -0.15) is 0 Å². The fourth-order valence-electron chi connectivity index (χ4n) is 1.85. The third-order valence-electron chi connectivity index (χ3n) is 2.69. The molecule has 0 aliphatic carbocycles. The Bertz CT molecular complexity index is 496. The molecule has 1 unspecified atom stereocenters. The SMILES string of the molecule is CCNC(c1ccncc1F)c1occc1C. The predicted octanol–water partition coefficient (Wildman–Crippen LogP) is 2.82. The van der Waals surface area contributed by atoms with E-state index in [2.05, 4.69) is 10.3 Å². The maximum atomic E-state index is 13.7. The topological polar surface area (TPSA) is 38.1 Å². The van der Waals surface area contributed by atoms with Crippen molar-refractivity contribution in [2.24, 2.45) is 0 Å². The van der Waals surface area contributed by atoms with Crippen LogP contribution in [0, 0.1) is 12.7 Å². The Morgan fingerprint density at radius 3 is 2.88 bits per heavy atom. The zero-order valence-corrected chi connectivity index (χ0v) is 9.90. The third-order valence-corrected chi connectivity index (χ3v) is 2.69. The van der Waals surface area contributed by atoms with Gasteiger partial charge in [-0.05, 0) is 31.2 Å². The predicted molar refractivity (Wildman–Crippen MR) is 63.2 cm³/mol. The van der Waals surface area contributed by atoms with E-state index in [0.29, 0.717) is 5.56 Å². The molecule has 0 aliphatic heterocycles. The molecule has 0 bridgehead atoms. The number of furan rings is 1. The molecule has 1 atom stereocenters. The van der Waals surface area contributed by atoms with E-state index in [9.17, 15) is 4.39 Å². The lowest BCUT2D eigenvalue weighted by molar-refractivity contribution is 0.438. The van der Waals surface area contributed by atoms with E-state index in [1.807, 2.05) is 19.9 Å². The second-order valence-corrected chi connectivity index (χ2v) is 3.86. The van der Waals surface area contributed by atoms with Crippen LogP contribution in [0.2, 0.25) is 0 Å². The van der Waals surface area contributed by atoms with Gasteiger partial charge in [0.2, 0.25) is 0 Å². The van der Waals surface area contributed by atoms with Crippen LogP contribution in [0.25, 0.3) is 0 Å². The lowest BCUT2D eigenvalue weighted by Gasteiger charge is -2.17. The number of hydrogen-bond acceptors (Lipinski definition) is 3. The number of aryl methyl sites for hydroxylation is 1. The quantitative estimate of drug-likeness (QED) is 0.884. The first-order chi connectivity index (χ1) is 8.24. The molecule has 2 aromatic rings. The van der Waals surface area contributed by atoms with Crippen molar-refractivity contribution in [1.82, 2.24) is 10.3 Å². The van der Waals surface area contributed by atoms with Crippen molar-refractivity contribution < 1.29 is 8.81 Å². The molecule has 90 valence electrons. The van der Waals surface area contributed by atoms with Gasteiger partial charge in [-0.3, -0.25) is 4.98 Å². The minimum absolute atomic E-state index is 0.266. The van der Waals surface area contributed by atoms with Crippen molar-refractivity contribution in [2.75, 3.05) is 6.54 Å². The first-order valence-electron chi connectivity index (χ1n) is 5.60. The molecule has 4 heteroatoms. The van der Waals surface area contributed by atoms with Gasteiger partial charge in [0.1, 0.15) is 11.6 Å². The van der Waals surface area contributed by atoms with E-state index in [1.165, 1.54) is 6.20 Å². The van der Waals surface area contributed by atoms with Crippen LogP contribution in [-0.4, -0.2) is 11.5 Å². The van der Waals surface area contributed by atoms with Gasteiger partial charge in [-0.1, -0.05) is 6.92 Å². The minimum atomic E-state index is -0.325. The van der Waals surface area contributed by atoms with Gasteiger partial charge < -0.3 is 9.73 Å². The van der Waals surface area contributed by atoms with Gasteiger partial charge in [-0.25, -0.2) is 4.39 Å². The number of pyridine rings is 1. The van der Waals surface area contributed by atoms with E-state index in [4.69, 9.17) is 4.42 Å². The van der Waals surface area contributed by atoms with Crippen molar-refractivity contribution in [2.45, 2.75) is 19.9 Å². The first kappa shape index (κ1) is 11.8. The molecule has 2 rings (SSSR count).